The molecule has 1 aromatic carbocycles. The summed E-state index contributed by atoms with van der Waals surface area (Å²) in [6.45, 7) is 2.76. The molecule has 106 valence electrons. The van der Waals surface area contributed by atoms with Crippen LogP contribution in [0.2, 0.25) is 0 Å². The lowest BCUT2D eigenvalue weighted by Gasteiger charge is -2.15. The van der Waals surface area contributed by atoms with E-state index in [1.165, 1.54) is 40.6 Å². The molecule has 1 aromatic heterocycles. The fraction of sp³-hybridized carbons (Fsp3) is 0.471. The highest BCUT2D eigenvalue weighted by Gasteiger charge is 2.21. The zero-order chi connectivity index (χ0) is 14.1. The van der Waals surface area contributed by atoms with Gasteiger partial charge in [-0.1, -0.05) is 25.1 Å². The van der Waals surface area contributed by atoms with Gasteiger partial charge in [0.05, 0.1) is 11.9 Å². The highest BCUT2D eigenvalue weighted by Crippen LogP contribution is 2.34. The Morgan fingerprint density at radius 3 is 2.85 bits per heavy atom. The van der Waals surface area contributed by atoms with Crippen LogP contribution in [-0.4, -0.2) is 15.6 Å². The van der Waals surface area contributed by atoms with Crippen molar-refractivity contribution in [3.8, 4) is 0 Å². The second-order valence-corrected chi connectivity index (χ2v) is 5.59. The van der Waals surface area contributed by atoms with Gasteiger partial charge in [0.2, 0.25) is 0 Å². The Bertz CT molecular complexity index is 655. The second-order valence-electron chi connectivity index (χ2n) is 5.59. The molecule has 0 saturated heterocycles. The average Bonchev–Trinajstić information content (AvgIpc) is 2.79. The quantitative estimate of drug-likeness (QED) is 0.924. The molecule has 0 radical (unpaired) electrons. The van der Waals surface area contributed by atoms with Crippen molar-refractivity contribution in [3.05, 3.63) is 35.0 Å². The van der Waals surface area contributed by atoms with E-state index >= 15 is 0 Å². The van der Waals surface area contributed by atoms with Crippen LogP contribution in [0.25, 0.3) is 10.9 Å². The maximum absolute atomic E-state index is 10.9. The molecular weight excluding hydrogens is 250 g/mol. The van der Waals surface area contributed by atoms with Gasteiger partial charge < -0.3 is 9.67 Å². The van der Waals surface area contributed by atoms with E-state index in [9.17, 15) is 4.79 Å². The summed E-state index contributed by atoms with van der Waals surface area (Å²) < 4.78 is 2.29. The van der Waals surface area contributed by atoms with Crippen molar-refractivity contribution in [3.63, 3.8) is 0 Å². The monoisotopic (exact) mass is 271 g/mol. The fourth-order valence-corrected chi connectivity index (χ4v) is 3.51. The number of para-hydroxylation sites is 1. The maximum atomic E-state index is 10.9. The molecule has 1 aliphatic rings. The number of fused-ring (bicyclic) bond motifs is 3. The van der Waals surface area contributed by atoms with E-state index in [4.69, 9.17) is 5.11 Å². The first kappa shape index (κ1) is 13.2. The van der Waals surface area contributed by atoms with E-state index < -0.39 is 5.97 Å². The first-order chi connectivity index (χ1) is 9.72. The summed E-state index contributed by atoms with van der Waals surface area (Å²) in [6.07, 6.45) is 5.90. The molecule has 2 aromatic rings. The largest absolute Gasteiger partial charge is 0.481 e. The number of benzene rings is 1. The van der Waals surface area contributed by atoms with Gasteiger partial charge in [-0.15, -0.1) is 0 Å². The molecule has 3 nitrogen and oxygen atoms in total. The molecule has 1 aliphatic carbocycles. The fourth-order valence-electron chi connectivity index (χ4n) is 3.51. The lowest BCUT2D eigenvalue weighted by Crippen LogP contribution is -2.11. The summed E-state index contributed by atoms with van der Waals surface area (Å²) in [5.41, 5.74) is 5.46. The SMILES string of the molecule is CCc1cccc2c3c(n(CCC(=O)O)c12)CCCC3. The van der Waals surface area contributed by atoms with Crippen LogP contribution in [-0.2, 0) is 30.6 Å². The highest BCUT2D eigenvalue weighted by molar-refractivity contribution is 5.88. The molecule has 0 amide bonds. The Morgan fingerprint density at radius 1 is 1.30 bits per heavy atom. The second kappa shape index (κ2) is 5.31. The Hall–Kier alpha value is -1.77. The zero-order valence-corrected chi connectivity index (χ0v) is 12.0. The van der Waals surface area contributed by atoms with Crippen LogP contribution in [0, 0.1) is 0 Å². The predicted octanol–water partition coefficient (Wildman–Crippen LogP) is 3.56. The lowest BCUT2D eigenvalue weighted by molar-refractivity contribution is -0.137. The summed E-state index contributed by atoms with van der Waals surface area (Å²) in [6, 6.07) is 6.51. The molecule has 0 aliphatic heterocycles. The Balaban J connectivity index is 2.20. The summed E-state index contributed by atoms with van der Waals surface area (Å²) in [5, 5.41) is 10.4. The molecule has 0 fully saturated rings. The van der Waals surface area contributed by atoms with E-state index in [0.717, 1.165) is 19.3 Å². The average molecular weight is 271 g/mol. The highest BCUT2D eigenvalue weighted by atomic mass is 16.4. The van der Waals surface area contributed by atoms with E-state index in [1.807, 2.05) is 0 Å². The number of aromatic nitrogens is 1. The minimum absolute atomic E-state index is 0.203. The zero-order valence-electron chi connectivity index (χ0n) is 12.0. The maximum Gasteiger partial charge on any atom is 0.305 e. The van der Waals surface area contributed by atoms with E-state index in [1.54, 1.807) is 0 Å². The summed E-state index contributed by atoms with van der Waals surface area (Å²) in [7, 11) is 0. The number of carbonyl (C=O) groups is 1. The van der Waals surface area contributed by atoms with Crippen LogP contribution in [0.5, 0.6) is 0 Å². The molecule has 0 unspecified atom stereocenters. The van der Waals surface area contributed by atoms with Gasteiger partial charge in [0.15, 0.2) is 0 Å². The molecule has 20 heavy (non-hydrogen) atoms. The van der Waals surface area contributed by atoms with Crippen LogP contribution in [0.1, 0.15) is 43.0 Å². The summed E-state index contributed by atoms with van der Waals surface area (Å²) >= 11 is 0. The van der Waals surface area contributed by atoms with Crippen molar-refractivity contribution in [1.29, 1.82) is 0 Å². The van der Waals surface area contributed by atoms with Gasteiger partial charge in [-0.25, -0.2) is 0 Å². The van der Waals surface area contributed by atoms with Crippen molar-refractivity contribution in [2.24, 2.45) is 0 Å². The molecule has 0 spiro atoms. The third-order valence-electron chi connectivity index (χ3n) is 4.41. The molecule has 1 N–H and O–H groups in total. The number of nitrogens with zero attached hydrogens (tertiary/aromatic N) is 1. The minimum Gasteiger partial charge on any atom is -0.481 e. The van der Waals surface area contributed by atoms with Crippen molar-refractivity contribution >= 4 is 16.9 Å². The van der Waals surface area contributed by atoms with Crippen molar-refractivity contribution in [1.82, 2.24) is 4.57 Å². The molecule has 0 saturated carbocycles. The summed E-state index contributed by atoms with van der Waals surface area (Å²) in [4.78, 5) is 10.9. The van der Waals surface area contributed by atoms with Crippen molar-refractivity contribution < 1.29 is 9.90 Å². The molecule has 3 rings (SSSR count). The van der Waals surface area contributed by atoms with E-state index in [2.05, 4.69) is 29.7 Å². The molecule has 3 heteroatoms. The standard InChI is InChI=1S/C17H21NO2/c1-2-12-6-5-8-14-13-7-3-4-9-15(13)18(17(12)14)11-10-16(19)20/h5-6,8H,2-4,7,9-11H2,1H3,(H,19,20). The number of carboxylic acids is 1. The minimum atomic E-state index is -0.717. The number of aliphatic carboxylic acids is 1. The van der Waals surface area contributed by atoms with E-state index in [-0.39, 0.29) is 6.42 Å². The normalized spacial score (nSPS) is 14.4. The third kappa shape index (κ3) is 2.11. The predicted molar refractivity (Wildman–Crippen MR) is 80.2 cm³/mol. The Kier molecular flexibility index (Phi) is 3.51. The van der Waals surface area contributed by atoms with Crippen LogP contribution < -0.4 is 0 Å². The van der Waals surface area contributed by atoms with Crippen molar-refractivity contribution in [2.45, 2.75) is 52.0 Å². The smallest absolute Gasteiger partial charge is 0.305 e. The number of rotatable bonds is 4. The van der Waals surface area contributed by atoms with Gasteiger partial charge >= 0.3 is 5.97 Å². The van der Waals surface area contributed by atoms with Gasteiger partial charge in [0.1, 0.15) is 0 Å². The van der Waals surface area contributed by atoms with Crippen LogP contribution in [0.3, 0.4) is 0 Å². The Morgan fingerprint density at radius 2 is 2.10 bits per heavy atom. The Labute approximate surface area is 119 Å². The van der Waals surface area contributed by atoms with Crippen molar-refractivity contribution in [2.75, 3.05) is 0 Å². The molecule has 0 bridgehead atoms. The van der Waals surface area contributed by atoms with Crippen LogP contribution in [0.4, 0.5) is 0 Å². The molecule has 0 atom stereocenters. The number of hydrogen-bond acceptors (Lipinski definition) is 1. The molecular formula is C17H21NO2. The third-order valence-corrected chi connectivity index (χ3v) is 4.41. The number of aryl methyl sites for hydroxylation is 3. The van der Waals surface area contributed by atoms with Gasteiger partial charge in [-0.2, -0.15) is 0 Å². The van der Waals surface area contributed by atoms with Gasteiger partial charge in [0.25, 0.3) is 0 Å². The van der Waals surface area contributed by atoms with Gasteiger partial charge in [-0.05, 0) is 43.2 Å². The van der Waals surface area contributed by atoms with Crippen LogP contribution in [0.15, 0.2) is 18.2 Å². The summed E-state index contributed by atoms with van der Waals surface area (Å²) in [5.74, 6) is -0.717. The molecule has 1 heterocycles. The van der Waals surface area contributed by atoms with Gasteiger partial charge in [-0.3, -0.25) is 4.79 Å². The lowest BCUT2D eigenvalue weighted by atomic mass is 9.95. The first-order valence-corrected chi connectivity index (χ1v) is 7.56. The topological polar surface area (TPSA) is 42.2 Å². The van der Waals surface area contributed by atoms with Gasteiger partial charge in [0, 0.05) is 17.6 Å². The number of hydrogen-bond donors (Lipinski definition) is 1. The first-order valence-electron chi connectivity index (χ1n) is 7.56. The number of carboxylic acid groups (broad SMARTS) is 1. The van der Waals surface area contributed by atoms with Crippen LogP contribution >= 0.6 is 0 Å². The van der Waals surface area contributed by atoms with E-state index in [0.29, 0.717) is 6.54 Å².